The first-order valence-corrected chi connectivity index (χ1v) is 12.8. The van der Waals surface area contributed by atoms with Gasteiger partial charge in [0.25, 0.3) is 5.56 Å². The summed E-state index contributed by atoms with van der Waals surface area (Å²) in [6.45, 7) is 0.821. The quantitative estimate of drug-likeness (QED) is 0.403. The predicted molar refractivity (Wildman–Crippen MR) is 146 cm³/mol. The summed E-state index contributed by atoms with van der Waals surface area (Å²) in [5.74, 6) is -0.665. The molecule has 0 spiro atoms. The number of pyridine rings is 1. The molecule has 0 unspecified atom stereocenters. The molecule has 2 aromatic heterocycles. The first-order chi connectivity index (χ1) is 18.7. The highest BCUT2D eigenvalue weighted by Crippen LogP contribution is 2.29. The van der Waals surface area contributed by atoms with Crippen LogP contribution in [0.4, 0.5) is 9.18 Å². The molecule has 39 heavy (non-hydrogen) atoms. The van der Waals surface area contributed by atoms with Gasteiger partial charge in [-0.25, -0.2) is 23.5 Å². The summed E-state index contributed by atoms with van der Waals surface area (Å²) >= 11 is 0. The van der Waals surface area contributed by atoms with Crippen LogP contribution in [0.15, 0.2) is 70.4 Å². The maximum absolute atomic E-state index is 14.2. The van der Waals surface area contributed by atoms with Crippen molar-refractivity contribution in [3.8, 4) is 16.8 Å². The van der Waals surface area contributed by atoms with Crippen LogP contribution in [0, 0.1) is 5.82 Å². The van der Waals surface area contributed by atoms with Crippen molar-refractivity contribution in [1.29, 1.82) is 0 Å². The average molecular weight is 532 g/mol. The van der Waals surface area contributed by atoms with Gasteiger partial charge in [0, 0.05) is 12.6 Å². The van der Waals surface area contributed by atoms with E-state index < -0.39 is 29.2 Å². The van der Waals surface area contributed by atoms with Gasteiger partial charge in [0.1, 0.15) is 11.9 Å². The molecule has 1 saturated carbocycles. The van der Waals surface area contributed by atoms with Gasteiger partial charge in [-0.05, 0) is 74.7 Å². The zero-order chi connectivity index (χ0) is 27.7. The van der Waals surface area contributed by atoms with Gasteiger partial charge in [0.15, 0.2) is 5.65 Å². The van der Waals surface area contributed by atoms with Gasteiger partial charge in [-0.15, -0.1) is 0 Å². The standard InChI is InChI=1S/C29H30FN5O4/c1-33(2)17-18-6-8-19(9-7-18)20-4-3-5-23(14-20)34-26-25(15-21(30)16-32-26)27(36)35(29(34)38)22-10-12-24(13-11-22)39-28(31)37/h3-9,14-16,22,24H,10-13,17H2,1-2H3,(H2,31,37). The van der Waals surface area contributed by atoms with E-state index in [1.807, 2.05) is 44.4 Å². The third kappa shape index (κ3) is 5.46. The Bertz CT molecular complexity index is 1640. The zero-order valence-corrected chi connectivity index (χ0v) is 21.8. The third-order valence-electron chi connectivity index (χ3n) is 7.07. The summed E-state index contributed by atoms with van der Waals surface area (Å²) in [7, 11) is 4.03. The second-order valence-corrected chi connectivity index (χ2v) is 10.2. The van der Waals surface area contributed by atoms with E-state index in [4.69, 9.17) is 10.5 Å². The van der Waals surface area contributed by atoms with Crippen LogP contribution >= 0.6 is 0 Å². The number of aromatic nitrogens is 3. The van der Waals surface area contributed by atoms with Crippen LogP contribution in [0.1, 0.15) is 37.3 Å². The molecule has 0 aliphatic heterocycles. The Morgan fingerprint density at radius 3 is 2.44 bits per heavy atom. The number of rotatable bonds is 6. The lowest BCUT2D eigenvalue weighted by molar-refractivity contribution is 0.0714. The van der Waals surface area contributed by atoms with E-state index in [0.717, 1.165) is 29.9 Å². The van der Waals surface area contributed by atoms with Gasteiger partial charge in [-0.3, -0.25) is 9.36 Å². The van der Waals surface area contributed by atoms with Crippen molar-refractivity contribution >= 4 is 17.1 Å². The van der Waals surface area contributed by atoms with Crippen molar-refractivity contribution in [1.82, 2.24) is 19.0 Å². The molecule has 10 heteroatoms. The molecule has 0 saturated heterocycles. The molecule has 0 atom stereocenters. The Morgan fingerprint density at radius 2 is 1.77 bits per heavy atom. The van der Waals surface area contributed by atoms with Gasteiger partial charge >= 0.3 is 11.8 Å². The monoisotopic (exact) mass is 531 g/mol. The van der Waals surface area contributed by atoms with Crippen molar-refractivity contribution in [3.63, 3.8) is 0 Å². The van der Waals surface area contributed by atoms with Crippen LogP contribution < -0.4 is 17.0 Å². The minimum atomic E-state index is -0.850. The summed E-state index contributed by atoms with van der Waals surface area (Å²) in [6.07, 6.45) is 1.56. The molecule has 2 N–H and O–H groups in total. The summed E-state index contributed by atoms with van der Waals surface area (Å²) in [6, 6.07) is 16.3. The molecule has 0 radical (unpaired) electrons. The number of fused-ring (bicyclic) bond motifs is 1. The molecular weight excluding hydrogens is 501 g/mol. The van der Waals surface area contributed by atoms with E-state index in [1.165, 1.54) is 14.7 Å². The van der Waals surface area contributed by atoms with Crippen LogP contribution in [0.3, 0.4) is 0 Å². The fourth-order valence-electron chi connectivity index (χ4n) is 5.32. The molecule has 0 bridgehead atoms. The number of amides is 1. The van der Waals surface area contributed by atoms with Crippen molar-refractivity contribution in [2.24, 2.45) is 5.73 Å². The van der Waals surface area contributed by atoms with Gasteiger partial charge in [0.05, 0.1) is 17.3 Å². The number of nitrogens with two attached hydrogens (primary N) is 1. The summed E-state index contributed by atoms with van der Waals surface area (Å²) in [5.41, 5.74) is 7.63. The third-order valence-corrected chi connectivity index (χ3v) is 7.07. The van der Waals surface area contributed by atoms with Crippen molar-refractivity contribution < 1.29 is 13.9 Å². The molecule has 1 amide bonds. The van der Waals surface area contributed by atoms with Gasteiger partial charge in [-0.1, -0.05) is 36.4 Å². The van der Waals surface area contributed by atoms with E-state index in [1.54, 1.807) is 6.07 Å². The molecule has 202 valence electrons. The van der Waals surface area contributed by atoms with Crippen molar-refractivity contribution in [2.75, 3.05) is 14.1 Å². The molecule has 1 fully saturated rings. The zero-order valence-electron chi connectivity index (χ0n) is 21.8. The Morgan fingerprint density at radius 1 is 1.05 bits per heavy atom. The normalized spacial score (nSPS) is 17.4. The average Bonchev–Trinajstić information content (AvgIpc) is 2.90. The number of hydrogen-bond donors (Lipinski definition) is 1. The number of carbonyl (C=O) groups is 1. The fourth-order valence-corrected chi connectivity index (χ4v) is 5.32. The number of nitrogens with zero attached hydrogens (tertiary/aromatic N) is 4. The molecule has 4 aromatic rings. The Balaban J connectivity index is 1.59. The highest BCUT2D eigenvalue weighted by atomic mass is 19.1. The van der Waals surface area contributed by atoms with E-state index in [2.05, 4.69) is 22.0 Å². The highest BCUT2D eigenvalue weighted by molar-refractivity contribution is 5.76. The Hall–Kier alpha value is -4.31. The number of primary amides is 1. The first-order valence-electron chi connectivity index (χ1n) is 12.8. The molecular formula is C29H30FN5O4. The van der Waals surface area contributed by atoms with Crippen LogP contribution in [0.25, 0.3) is 27.8 Å². The van der Waals surface area contributed by atoms with Gasteiger partial charge in [0.2, 0.25) is 0 Å². The maximum atomic E-state index is 14.2. The smallest absolute Gasteiger partial charge is 0.404 e. The molecule has 9 nitrogen and oxygen atoms in total. The number of ether oxygens (including phenoxy) is 1. The molecule has 2 heterocycles. The van der Waals surface area contributed by atoms with E-state index in [-0.39, 0.29) is 17.1 Å². The Labute approximate surface area is 224 Å². The lowest BCUT2D eigenvalue weighted by Gasteiger charge is -2.29. The number of halogens is 1. The first kappa shape index (κ1) is 26.3. The lowest BCUT2D eigenvalue weighted by Crippen LogP contribution is -2.43. The minimum Gasteiger partial charge on any atom is -0.446 e. The molecule has 1 aliphatic rings. The maximum Gasteiger partial charge on any atom is 0.404 e. The van der Waals surface area contributed by atoms with E-state index in [0.29, 0.717) is 31.4 Å². The lowest BCUT2D eigenvalue weighted by atomic mass is 9.92. The second kappa shape index (κ2) is 10.8. The number of benzene rings is 2. The molecule has 5 rings (SSSR count). The minimum absolute atomic E-state index is 0.0172. The molecule has 1 aliphatic carbocycles. The molecule has 2 aromatic carbocycles. The topological polar surface area (TPSA) is 112 Å². The van der Waals surface area contributed by atoms with Crippen molar-refractivity contribution in [2.45, 2.75) is 44.4 Å². The van der Waals surface area contributed by atoms with Gasteiger partial charge in [-0.2, -0.15) is 0 Å². The predicted octanol–water partition coefficient (Wildman–Crippen LogP) is 3.99. The fraction of sp³-hybridized carbons (Fsp3) is 0.310. The summed E-state index contributed by atoms with van der Waals surface area (Å²) in [4.78, 5) is 44.8. The van der Waals surface area contributed by atoms with E-state index in [9.17, 15) is 18.8 Å². The second-order valence-electron chi connectivity index (χ2n) is 10.2. The summed E-state index contributed by atoms with van der Waals surface area (Å²) < 4.78 is 21.9. The van der Waals surface area contributed by atoms with Gasteiger partial charge < -0.3 is 15.4 Å². The Kier molecular flexibility index (Phi) is 7.30. The summed E-state index contributed by atoms with van der Waals surface area (Å²) in [5, 5.41) is 0.0172. The van der Waals surface area contributed by atoms with Crippen LogP contribution in [-0.4, -0.2) is 45.3 Å². The van der Waals surface area contributed by atoms with E-state index >= 15 is 0 Å². The van der Waals surface area contributed by atoms with Crippen LogP contribution in [-0.2, 0) is 11.3 Å². The largest absolute Gasteiger partial charge is 0.446 e. The number of hydrogen-bond acceptors (Lipinski definition) is 6. The highest BCUT2D eigenvalue weighted by Gasteiger charge is 2.28. The van der Waals surface area contributed by atoms with Crippen molar-refractivity contribution in [3.05, 3.63) is 93.0 Å². The SMILES string of the molecule is CN(C)Cc1ccc(-c2cccc(-n3c(=O)n(C4CCC(OC(N)=O)CC4)c(=O)c4cc(F)cnc43)c2)cc1. The van der Waals surface area contributed by atoms with Crippen LogP contribution in [0.5, 0.6) is 0 Å². The number of carbonyl (C=O) groups excluding carboxylic acids is 1. The van der Waals surface area contributed by atoms with Crippen LogP contribution in [0.2, 0.25) is 0 Å².